The number of benzene rings is 1. The van der Waals surface area contributed by atoms with Gasteiger partial charge in [-0.25, -0.2) is 0 Å². The molecule has 0 aromatic heterocycles. The summed E-state index contributed by atoms with van der Waals surface area (Å²) in [6.45, 7) is 4.86. The van der Waals surface area contributed by atoms with E-state index in [1.165, 1.54) is 0 Å². The van der Waals surface area contributed by atoms with Gasteiger partial charge in [0.05, 0.1) is 13.1 Å². The van der Waals surface area contributed by atoms with Crippen molar-refractivity contribution < 1.29 is 9.53 Å². The zero-order valence-electron chi connectivity index (χ0n) is 10.7. The van der Waals surface area contributed by atoms with Crippen molar-refractivity contribution in [2.75, 3.05) is 19.7 Å². The molecule has 1 rings (SSSR count). The molecule has 0 saturated carbocycles. The van der Waals surface area contributed by atoms with E-state index in [-0.39, 0.29) is 18.5 Å². The highest BCUT2D eigenvalue weighted by Gasteiger charge is 2.14. The number of nitrogens with zero attached hydrogens (tertiary/aromatic N) is 1. The lowest BCUT2D eigenvalue weighted by Crippen LogP contribution is -2.43. The number of ether oxygens (including phenoxy) is 1. The molecule has 2 N–H and O–H groups in total. The third kappa shape index (κ3) is 4.55. The summed E-state index contributed by atoms with van der Waals surface area (Å²) < 4.78 is 5.54. The smallest absolute Gasteiger partial charge is 0.236 e. The fourth-order valence-electron chi connectivity index (χ4n) is 1.61. The van der Waals surface area contributed by atoms with E-state index in [1.54, 1.807) is 17.0 Å². The van der Waals surface area contributed by atoms with Gasteiger partial charge in [0.1, 0.15) is 12.4 Å². The second-order valence-corrected chi connectivity index (χ2v) is 4.63. The van der Waals surface area contributed by atoms with Crippen LogP contribution in [0, 0.1) is 0 Å². The summed E-state index contributed by atoms with van der Waals surface area (Å²) in [6.07, 6.45) is 0. The van der Waals surface area contributed by atoms with E-state index in [0.717, 1.165) is 0 Å². The van der Waals surface area contributed by atoms with Crippen LogP contribution in [-0.2, 0) is 4.79 Å². The fourth-order valence-corrected chi connectivity index (χ4v) is 1.79. The first-order valence-corrected chi connectivity index (χ1v) is 6.30. The molecule has 0 heterocycles. The number of hydrogen-bond acceptors (Lipinski definition) is 3. The Morgan fingerprint density at radius 3 is 2.78 bits per heavy atom. The lowest BCUT2D eigenvalue weighted by molar-refractivity contribution is -0.131. The van der Waals surface area contributed by atoms with Crippen molar-refractivity contribution in [1.29, 1.82) is 0 Å². The van der Waals surface area contributed by atoms with Crippen molar-refractivity contribution in [3.8, 4) is 5.75 Å². The van der Waals surface area contributed by atoms with Gasteiger partial charge in [-0.15, -0.1) is 0 Å². The van der Waals surface area contributed by atoms with Crippen LogP contribution < -0.4 is 10.5 Å². The van der Waals surface area contributed by atoms with Crippen molar-refractivity contribution in [3.05, 3.63) is 29.3 Å². The van der Waals surface area contributed by atoms with Crippen LogP contribution in [0.5, 0.6) is 5.75 Å². The lowest BCUT2D eigenvalue weighted by atomic mass is 10.3. The zero-order valence-corrected chi connectivity index (χ0v) is 11.5. The minimum Gasteiger partial charge on any atom is -0.492 e. The van der Waals surface area contributed by atoms with Gasteiger partial charge < -0.3 is 15.4 Å². The van der Waals surface area contributed by atoms with E-state index in [9.17, 15) is 4.79 Å². The summed E-state index contributed by atoms with van der Waals surface area (Å²) in [6, 6.07) is 7.29. The van der Waals surface area contributed by atoms with E-state index >= 15 is 0 Å². The number of carbonyl (C=O) groups is 1. The zero-order chi connectivity index (χ0) is 13.5. The minimum atomic E-state index is -0.0697. The molecule has 0 unspecified atom stereocenters. The second-order valence-electron chi connectivity index (χ2n) is 4.19. The third-order valence-electron chi connectivity index (χ3n) is 2.52. The van der Waals surface area contributed by atoms with Crippen LogP contribution >= 0.6 is 11.6 Å². The predicted molar refractivity (Wildman–Crippen MR) is 72.9 cm³/mol. The minimum absolute atomic E-state index is 0.0232. The topological polar surface area (TPSA) is 55.6 Å². The van der Waals surface area contributed by atoms with Crippen molar-refractivity contribution in [1.82, 2.24) is 4.90 Å². The predicted octanol–water partition coefficient (Wildman–Crippen LogP) is 1.91. The number of amides is 1. The molecule has 100 valence electrons. The van der Waals surface area contributed by atoms with Crippen molar-refractivity contribution in [3.63, 3.8) is 0 Å². The van der Waals surface area contributed by atoms with Crippen LogP contribution in [0.3, 0.4) is 0 Å². The molecule has 1 aromatic rings. The van der Waals surface area contributed by atoms with Gasteiger partial charge in [0, 0.05) is 11.1 Å². The molecule has 18 heavy (non-hydrogen) atoms. The monoisotopic (exact) mass is 270 g/mol. The maximum atomic E-state index is 11.6. The van der Waals surface area contributed by atoms with Crippen LogP contribution in [0.25, 0.3) is 0 Å². The molecule has 0 atom stereocenters. The number of nitrogens with two attached hydrogens (primary N) is 1. The van der Waals surface area contributed by atoms with Crippen LogP contribution in [0.4, 0.5) is 0 Å². The SMILES string of the molecule is CC(C)N(CCOc1cccc(Cl)c1)C(=O)CN. The molecule has 0 saturated heterocycles. The molecule has 0 spiro atoms. The molecule has 0 aliphatic rings. The van der Waals surface area contributed by atoms with Crippen LogP contribution in [0.1, 0.15) is 13.8 Å². The molecule has 0 aliphatic heterocycles. The van der Waals surface area contributed by atoms with Crippen molar-refractivity contribution >= 4 is 17.5 Å². The quantitative estimate of drug-likeness (QED) is 0.859. The summed E-state index contributed by atoms with van der Waals surface area (Å²) >= 11 is 5.85. The average molecular weight is 271 g/mol. The second kappa shape index (κ2) is 7.24. The summed E-state index contributed by atoms with van der Waals surface area (Å²) in [4.78, 5) is 13.3. The first kappa shape index (κ1) is 14.8. The molecule has 1 amide bonds. The molecule has 0 radical (unpaired) electrons. The fraction of sp³-hybridized carbons (Fsp3) is 0.462. The molecule has 0 fully saturated rings. The molecule has 0 aliphatic carbocycles. The first-order chi connectivity index (χ1) is 8.54. The Kier molecular flexibility index (Phi) is 5.95. The summed E-state index contributed by atoms with van der Waals surface area (Å²) in [5.74, 6) is 0.631. The lowest BCUT2D eigenvalue weighted by Gasteiger charge is -2.26. The summed E-state index contributed by atoms with van der Waals surface area (Å²) in [7, 11) is 0. The number of halogens is 1. The largest absolute Gasteiger partial charge is 0.492 e. The van der Waals surface area contributed by atoms with Gasteiger partial charge >= 0.3 is 0 Å². The number of carbonyl (C=O) groups excluding carboxylic acids is 1. The number of rotatable bonds is 6. The van der Waals surface area contributed by atoms with Gasteiger partial charge in [-0.2, -0.15) is 0 Å². The molecule has 1 aromatic carbocycles. The van der Waals surface area contributed by atoms with Crippen LogP contribution in [0.15, 0.2) is 24.3 Å². The Labute approximate surface area is 113 Å². The normalized spacial score (nSPS) is 10.5. The maximum Gasteiger partial charge on any atom is 0.236 e. The Morgan fingerprint density at radius 1 is 1.50 bits per heavy atom. The van der Waals surface area contributed by atoms with Gasteiger partial charge in [0.2, 0.25) is 5.91 Å². The maximum absolute atomic E-state index is 11.6. The standard InChI is InChI=1S/C13H19ClN2O2/c1-10(2)16(13(17)9-15)6-7-18-12-5-3-4-11(14)8-12/h3-5,8,10H,6-7,9,15H2,1-2H3. The van der Waals surface area contributed by atoms with E-state index in [4.69, 9.17) is 22.1 Å². The summed E-state index contributed by atoms with van der Waals surface area (Å²) in [5.41, 5.74) is 5.36. The molecule has 0 bridgehead atoms. The van der Waals surface area contributed by atoms with Gasteiger partial charge in [-0.1, -0.05) is 17.7 Å². The van der Waals surface area contributed by atoms with Gasteiger partial charge in [0.25, 0.3) is 0 Å². The first-order valence-electron chi connectivity index (χ1n) is 5.92. The Balaban J connectivity index is 2.46. The van der Waals surface area contributed by atoms with Crippen LogP contribution in [0.2, 0.25) is 5.02 Å². The number of hydrogen-bond donors (Lipinski definition) is 1. The third-order valence-corrected chi connectivity index (χ3v) is 2.75. The molecular formula is C13H19ClN2O2. The van der Waals surface area contributed by atoms with Gasteiger partial charge in [-0.05, 0) is 32.0 Å². The van der Waals surface area contributed by atoms with Gasteiger partial charge in [-0.3, -0.25) is 4.79 Å². The summed E-state index contributed by atoms with van der Waals surface area (Å²) in [5, 5.41) is 0.631. The Hall–Kier alpha value is -1.26. The van der Waals surface area contributed by atoms with E-state index in [2.05, 4.69) is 0 Å². The highest BCUT2D eigenvalue weighted by Crippen LogP contribution is 2.17. The van der Waals surface area contributed by atoms with Crippen LogP contribution in [-0.4, -0.2) is 36.5 Å². The van der Waals surface area contributed by atoms with E-state index in [0.29, 0.717) is 23.9 Å². The molecule has 4 nitrogen and oxygen atoms in total. The highest BCUT2D eigenvalue weighted by atomic mass is 35.5. The molecular weight excluding hydrogens is 252 g/mol. The Bertz CT molecular complexity index is 396. The van der Waals surface area contributed by atoms with Crippen molar-refractivity contribution in [2.45, 2.75) is 19.9 Å². The average Bonchev–Trinajstić information content (AvgIpc) is 2.33. The van der Waals surface area contributed by atoms with E-state index in [1.807, 2.05) is 26.0 Å². The Morgan fingerprint density at radius 2 is 2.22 bits per heavy atom. The molecule has 5 heteroatoms. The highest BCUT2D eigenvalue weighted by molar-refractivity contribution is 6.30. The van der Waals surface area contributed by atoms with Crippen molar-refractivity contribution in [2.24, 2.45) is 5.73 Å². The van der Waals surface area contributed by atoms with Gasteiger partial charge in [0.15, 0.2) is 0 Å². The van der Waals surface area contributed by atoms with E-state index < -0.39 is 0 Å².